The van der Waals surface area contributed by atoms with Crippen LogP contribution in [-0.4, -0.2) is 31.1 Å². The molecule has 1 aromatic carbocycles. The number of aryl methyl sites for hydroxylation is 1. The second-order valence-corrected chi connectivity index (χ2v) is 5.67. The summed E-state index contributed by atoms with van der Waals surface area (Å²) in [5, 5.41) is 15.5. The molecule has 1 amide bonds. The normalized spacial score (nSPS) is 10.6. The molecule has 0 aliphatic rings. The van der Waals surface area contributed by atoms with Gasteiger partial charge in [-0.15, -0.1) is 10.2 Å². The van der Waals surface area contributed by atoms with Crippen molar-refractivity contribution in [3.05, 3.63) is 58.9 Å². The van der Waals surface area contributed by atoms with E-state index in [9.17, 15) is 4.79 Å². The van der Waals surface area contributed by atoms with Gasteiger partial charge in [-0.2, -0.15) is 4.80 Å². The number of pyridine rings is 1. The number of hydrogen-bond donors (Lipinski definition) is 1. The quantitative estimate of drug-likeness (QED) is 0.766. The van der Waals surface area contributed by atoms with Gasteiger partial charge in [0.1, 0.15) is 6.54 Å². The van der Waals surface area contributed by atoms with Crippen molar-refractivity contribution < 1.29 is 4.79 Å². The van der Waals surface area contributed by atoms with Crippen LogP contribution in [0.25, 0.3) is 11.4 Å². The van der Waals surface area contributed by atoms with Crippen molar-refractivity contribution in [1.82, 2.24) is 30.5 Å². The molecular formula is C16H15ClN6O. The van der Waals surface area contributed by atoms with Crippen molar-refractivity contribution in [3.63, 3.8) is 0 Å². The summed E-state index contributed by atoms with van der Waals surface area (Å²) in [4.78, 5) is 17.4. The molecule has 0 aliphatic heterocycles. The summed E-state index contributed by atoms with van der Waals surface area (Å²) in [7, 11) is 0. The Morgan fingerprint density at radius 1 is 1.21 bits per heavy atom. The Balaban J connectivity index is 1.57. The number of nitrogens with one attached hydrogen (secondary N) is 1. The fraction of sp³-hybridized carbons (Fsp3) is 0.188. The van der Waals surface area contributed by atoms with Gasteiger partial charge in [-0.25, -0.2) is 0 Å². The standard InChI is InChI=1S/C16H15ClN6O/c1-11-2-3-12(8-18-11)9-19-15(24)10-23-21-16(20-22-23)13-4-6-14(17)7-5-13/h2-8H,9-10H2,1H3,(H,19,24). The maximum atomic E-state index is 12.0. The Morgan fingerprint density at radius 3 is 2.71 bits per heavy atom. The van der Waals surface area contributed by atoms with Crippen molar-refractivity contribution in [3.8, 4) is 11.4 Å². The van der Waals surface area contributed by atoms with E-state index in [1.54, 1.807) is 30.5 Å². The molecule has 2 aromatic heterocycles. The Kier molecular flexibility index (Phi) is 4.81. The number of aromatic nitrogens is 5. The van der Waals surface area contributed by atoms with Crippen molar-refractivity contribution in [2.45, 2.75) is 20.0 Å². The monoisotopic (exact) mass is 342 g/mol. The first kappa shape index (κ1) is 16.1. The molecule has 0 saturated heterocycles. The van der Waals surface area contributed by atoms with Crippen molar-refractivity contribution >= 4 is 17.5 Å². The second kappa shape index (κ2) is 7.18. The lowest BCUT2D eigenvalue weighted by atomic mass is 10.2. The van der Waals surface area contributed by atoms with Gasteiger partial charge in [0.05, 0.1) is 0 Å². The predicted molar refractivity (Wildman–Crippen MR) is 89.1 cm³/mol. The molecule has 8 heteroatoms. The van der Waals surface area contributed by atoms with Gasteiger partial charge in [0, 0.05) is 29.0 Å². The highest BCUT2D eigenvalue weighted by Crippen LogP contribution is 2.16. The SMILES string of the molecule is Cc1ccc(CNC(=O)Cn2nnc(-c3ccc(Cl)cc3)n2)cn1. The third kappa shape index (κ3) is 4.14. The first-order chi connectivity index (χ1) is 11.6. The van der Waals surface area contributed by atoms with Crippen molar-refractivity contribution in [2.24, 2.45) is 0 Å². The largest absolute Gasteiger partial charge is 0.350 e. The van der Waals surface area contributed by atoms with Crippen molar-refractivity contribution in [1.29, 1.82) is 0 Å². The average Bonchev–Trinajstić information content (AvgIpc) is 3.03. The van der Waals surface area contributed by atoms with Crippen LogP contribution >= 0.6 is 11.6 Å². The highest BCUT2D eigenvalue weighted by molar-refractivity contribution is 6.30. The lowest BCUT2D eigenvalue weighted by Gasteiger charge is -2.04. The van der Waals surface area contributed by atoms with Crippen LogP contribution in [0.4, 0.5) is 0 Å². The number of halogens is 1. The molecule has 122 valence electrons. The Hall–Kier alpha value is -2.80. The summed E-state index contributed by atoms with van der Waals surface area (Å²) in [6, 6.07) is 10.9. The lowest BCUT2D eigenvalue weighted by molar-refractivity contribution is -0.122. The van der Waals surface area contributed by atoms with E-state index >= 15 is 0 Å². The summed E-state index contributed by atoms with van der Waals surface area (Å²) in [6.07, 6.45) is 1.74. The predicted octanol–water partition coefficient (Wildman–Crippen LogP) is 2.01. The zero-order chi connectivity index (χ0) is 16.9. The van der Waals surface area contributed by atoms with Crippen molar-refractivity contribution in [2.75, 3.05) is 0 Å². The molecule has 0 radical (unpaired) electrons. The molecule has 1 N–H and O–H groups in total. The van der Waals surface area contributed by atoms with Gasteiger partial charge in [-0.1, -0.05) is 17.7 Å². The molecule has 0 aliphatic carbocycles. The van der Waals surface area contributed by atoms with Crippen LogP contribution in [0.2, 0.25) is 5.02 Å². The van der Waals surface area contributed by atoms with E-state index in [0.717, 1.165) is 16.8 Å². The van der Waals surface area contributed by atoms with Crippen LogP contribution in [0.15, 0.2) is 42.6 Å². The summed E-state index contributed by atoms with van der Waals surface area (Å²) in [5.74, 6) is 0.248. The number of nitrogens with zero attached hydrogens (tertiary/aromatic N) is 5. The topological polar surface area (TPSA) is 85.6 Å². The van der Waals surface area contributed by atoms with Gasteiger partial charge in [0.25, 0.3) is 0 Å². The highest BCUT2D eigenvalue weighted by Gasteiger charge is 2.09. The fourth-order valence-corrected chi connectivity index (χ4v) is 2.14. The fourth-order valence-electron chi connectivity index (χ4n) is 2.01. The van der Waals surface area contributed by atoms with E-state index in [4.69, 9.17) is 11.6 Å². The minimum atomic E-state index is -0.198. The molecule has 0 fully saturated rings. The molecular weight excluding hydrogens is 328 g/mol. The summed E-state index contributed by atoms with van der Waals surface area (Å²) in [5.41, 5.74) is 2.66. The zero-order valence-electron chi connectivity index (χ0n) is 13.0. The number of carbonyl (C=O) groups excluding carboxylic acids is 1. The summed E-state index contributed by atoms with van der Waals surface area (Å²) >= 11 is 5.85. The molecule has 0 unspecified atom stereocenters. The van der Waals surface area contributed by atoms with Crippen LogP contribution in [0.5, 0.6) is 0 Å². The van der Waals surface area contributed by atoms with Gasteiger partial charge < -0.3 is 5.32 Å². The summed E-state index contributed by atoms with van der Waals surface area (Å²) < 4.78 is 0. The van der Waals surface area contributed by atoms with E-state index < -0.39 is 0 Å². The van der Waals surface area contributed by atoms with Crippen LogP contribution in [0.1, 0.15) is 11.3 Å². The van der Waals surface area contributed by atoms with E-state index in [1.807, 2.05) is 19.1 Å². The highest BCUT2D eigenvalue weighted by atomic mass is 35.5. The van der Waals surface area contributed by atoms with E-state index in [-0.39, 0.29) is 12.5 Å². The van der Waals surface area contributed by atoms with Crippen LogP contribution in [-0.2, 0) is 17.9 Å². The average molecular weight is 343 g/mol. The third-order valence-electron chi connectivity index (χ3n) is 3.30. The van der Waals surface area contributed by atoms with Crippen LogP contribution in [0, 0.1) is 6.92 Å². The number of benzene rings is 1. The number of tetrazole rings is 1. The smallest absolute Gasteiger partial charge is 0.243 e. The number of amides is 1. The molecule has 3 aromatic rings. The van der Waals surface area contributed by atoms with E-state index in [2.05, 4.69) is 25.7 Å². The molecule has 24 heavy (non-hydrogen) atoms. The molecule has 3 rings (SSSR count). The van der Waals surface area contributed by atoms with E-state index in [0.29, 0.717) is 17.4 Å². The maximum Gasteiger partial charge on any atom is 0.243 e. The van der Waals surface area contributed by atoms with Gasteiger partial charge in [-0.3, -0.25) is 9.78 Å². The second-order valence-electron chi connectivity index (χ2n) is 5.23. The van der Waals surface area contributed by atoms with Crippen LogP contribution < -0.4 is 5.32 Å². The lowest BCUT2D eigenvalue weighted by Crippen LogP contribution is -2.28. The Bertz CT molecular complexity index is 829. The number of carbonyl (C=O) groups is 1. The minimum absolute atomic E-state index is 0.000119. The number of hydrogen-bond acceptors (Lipinski definition) is 5. The van der Waals surface area contributed by atoms with Gasteiger partial charge in [0.15, 0.2) is 0 Å². The minimum Gasteiger partial charge on any atom is -0.350 e. The summed E-state index contributed by atoms with van der Waals surface area (Å²) in [6.45, 7) is 2.32. The molecule has 0 spiro atoms. The zero-order valence-corrected chi connectivity index (χ0v) is 13.7. The molecule has 2 heterocycles. The van der Waals surface area contributed by atoms with Gasteiger partial charge in [0.2, 0.25) is 11.7 Å². The van der Waals surface area contributed by atoms with Gasteiger partial charge in [-0.05, 0) is 48.0 Å². The van der Waals surface area contributed by atoms with Crippen LogP contribution in [0.3, 0.4) is 0 Å². The Morgan fingerprint density at radius 2 is 2.00 bits per heavy atom. The number of rotatable bonds is 5. The molecule has 0 saturated carbocycles. The third-order valence-corrected chi connectivity index (χ3v) is 3.55. The van der Waals surface area contributed by atoms with E-state index in [1.165, 1.54) is 4.80 Å². The maximum absolute atomic E-state index is 12.0. The molecule has 7 nitrogen and oxygen atoms in total. The molecule has 0 bridgehead atoms. The first-order valence-corrected chi connectivity index (χ1v) is 7.70. The Labute approximate surface area is 143 Å². The molecule has 0 atom stereocenters. The van der Waals surface area contributed by atoms with Gasteiger partial charge >= 0.3 is 0 Å². The first-order valence-electron chi connectivity index (χ1n) is 7.32.